The lowest BCUT2D eigenvalue weighted by Crippen LogP contribution is -2.09. The molecule has 3 rings (SSSR count). The van der Waals surface area contributed by atoms with Gasteiger partial charge in [0.2, 0.25) is 0 Å². The van der Waals surface area contributed by atoms with Gasteiger partial charge in [0.1, 0.15) is 11.5 Å². The molecule has 132 valence electrons. The second-order valence-electron chi connectivity index (χ2n) is 5.73. The van der Waals surface area contributed by atoms with Crippen molar-refractivity contribution >= 4 is 30.7 Å². The number of aromatic nitrogens is 3. The fourth-order valence-corrected chi connectivity index (χ4v) is 4.56. The highest BCUT2D eigenvalue weighted by Crippen LogP contribution is 2.27. The van der Waals surface area contributed by atoms with Crippen LogP contribution in [0.25, 0.3) is 11.0 Å². The van der Waals surface area contributed by atoms with Crippen molar-refractivity contribution in [1.82, 2.24) is 15.0 Å². The number of ether oxygens (including phenoxy) is 2. The lowest BCUT2D eigenvalue weighted by Gasteiger charge is -2.12. The minimum Gasteiger partial charge on any atom is -0.497 e. The van der Waals surface area contributed by atoms with E-state index in [-0.39, 0.29) is 10.9 Å². The lowest BCUT2D eigenvalue weighted by atomic mass is 10.1. The molecule has 6 nitrogen and oxygen atoms in total. The van der Waals surface area contributed by atoms with Crippen LogP contribution in [-0.2, 0) is 25.4 Å². The molecule has 2 aromatic heterocycles. The van der Waals surface area contributed by atoms with Crippen LogP contribution in [-0.4, -0.2) is 33.4 Å². The van der Waals surface area contributed by atoms with Crippen molar-refractivity contribution in [2.45, 2.75) is 24.8 Å². The Balaban J connectivity index is 2.00. The molecule has 0 aliphatic carbocycles. The first-order valence-corrected chi connectivity index (χ1v) is 10.3. The van der Waals surface area contributed by atoms with E-state index in [4.69, 9.17) is 20.7 Å². The fourth-order valence-electron chi connectivity index (χ4n) is 2.70. The Morgan fingerprint density at radius 3 is 2.68 bits per heavy atom. The summed E-state index contributed by atoms with van der Waals surface area (Å²) < 4.78 is 23.7. The van der Waals surface area contributed by atoms with Crippen molar-refractivity contribution in [2.24, 2.45) is 0 Å². The highest BCUT2D eigenvalue weighted by atomic mass is 32.8. The van der Waals surface area contributed by atoms with E-state index in [0.29, 0.717) is 17.0 Å². The molecule has 3 aromatic rings. The molecule has 0 aliphatic rings. The smallest absolute Gasteiger partial charge is 0.199 e. The standard InChI is InChI=1S/C17H19N3O3S2/c1-10-8-18-15(11(2)16(10)23-4)9-25(21,24)17-19-13-6-5-12(22-3)7-14(13)20-17/h5-8H,9H2,1-4H3,(H,19,20). The van der Waals surface area contributed by atoms with Crippen LogP contribution in [0.1, 0.15) is 16.8 Å². The number of methoxy groups -OCH3 is 2. The van der Waals surface area contributed by atoms with Gasteiger partial charge in [0.05, 0.1) is 45.2 Å². The van der Waals surface area contributed by atoms with Gasteiger partial charge in [-0.05, 0) is 37.2 Å². The molecule has 0 saturated carbocycles. The van der Waals surface area contributed by atoms with E-state index < -0.39 is 8.49 Å². The maximum Gasteiger partial charge on any atom is 0.199 e. The second kappa shape index (κ2) is 6.61. The minimum atomic E-state index is -2.85. The molecule has 1 N–H and O–H groups in total. The molecule has 0 amide bonds. The molecule has 0 radical (unpaired) electrons. The Morgan fingerprint density at radius 2 is 2.00 bits per heavy atom. The average Bonchev–Trinajstić information content (AvgIpc) is 3.02. The molecule has 0 aliphatic heterocycles. The van der Waals surface area contributed by atoms with Crippen LogP contribution in [0.5, 0.6) is 11.5 Å². The zero-order chi connectivity index (χ0) is 18.2. The number of hydrogen-bond donors (Lipinski definition) is 1. The molecule has 1 aromatic carbocycles. The number of imidazole rings is 1. The number of hydrogen-bond acceptors (Lipinski definition) is 6. The molecule has 1 unspecified atom stereocenters. The predicted octanol–water partition coefficient (Wildman–Crippen LogP) is 2.90. The van der Waals surface area contributed by atoms with Crippen LogP contribution >= 0.6 is 0 Å². The fraction of sp³-hybridized carbons (Fsp3) is 0.294. The van der Waals surface area contributed by atoms with Crippen molar-refractivity contribution in [3.05, 3.63) is 41.2 Å². The predicted molar refractivity (Wildman–Crippen MR) is 100 cm³/mol. The van der Waals surface area contributed by atoms with Crippen molar-refractivity contribution < 1.29 is 13.7 Å². The highest BCUT2D eigenvalue weighted by molar-refractivity contribution is 8.32. The number of nitrogens with zero attached hydrogens (tertiary/aromatic N) is 2. The van der Waals surface area contributed by atoms with E-state index in [1.807, 2.05) is 26.0 Å². The Hall–Kier alpha value is -2.19. The molecule has 2 heterocycles. The van der Waals surface area contributed by atoms with E-state index >= 15 is 0 Å². The number of pyridine rings is 1. The highest BCUT2D eigenvalue weighted by Gasteiger charge is 2.20. The van der Waals surface area contributed by atoms with Gasteiger partial charge >= 0.3 is 0 Å². The first-order valence-electron chi connectivity index (χ1n) is 7.61. The third-order valence-electron chi connectivity index (χ3n) is 4.04. The second-order valence-corrected chi connectivity index (χ2v) is 9.25. The first-order chi connectivity index (χ1) is 11.9. The summed E-state index contributed by atoms with van der Waals surface area (Å²) in [4.78, 5) is 11.9. The Kier molecular flexibility index (Phi) is 4.66. The maximum absolute atomic E-state index is 13.1. The third kappa shape index (κ3) is 3.32. The van der Waals surface area contributed by atoms with E-state index in [9.17, 15) is 4.21 Å². The van der Waals surface area contributed by atoms with Gasteiger partial charge in [-0.3, -0.25) is 4.98 Å². The minimum absolute atomic E-state index is 0.113. The molecule has 25 heavy (non-hydrogen) atoms. The zero-order valence-corrected chi connectivity index (χ0v) is 16.1. The van der Waals surface area contributed by atoms with Gasteiger partial charge in [0.25, 0.3) is 0 Å². The van der Waals surface area contributed by atoms with Crippen LogP contribution in [0.4, 0.5) is 0 Å². The molecule has 0 bridgehead atoms. The molecule has 0 fully saturated rings. The van der Waals surface area contributed by atoms with Crippen molar-refractivity contribution in [2.75, 3.05) is 14.2 Å². The van der Waals surface area contributed by atoms with Crippen LogP contribution in [0.2, 0.25) is 0 Å². The number of nitrogens with one attached hydrogen (secondary N) is 1. The van der Waals surface area contributed by atoms with Crippen LogP contribution < -0.4 is 9.47 Å². The van der Waals surface area contributed by atoms with Gasteiger partial charge in [0.15, 0.2) is 5.16 Å². The number of rotatable bonds is 5. The summed E-state index contributed by atoms with van der Waals surface area (Å²) in [6, 6.07) is 5.42. The topological polar surface area (TPSA) is 77.1 Å². The monoisotopic (exact) mass is 377 g/mol. The normalized spacial score (nSPS) is 13.6. The molecule has 1 atom stereocenters. The van der Waals surface area contributed by atoms with Crippen LogP contribution in [0.3, 0.4) is 0 Å². The summed E-state index contributed by atoms with van der Waals surface area (Å²) in [7, 11) is 0.348. The molecule has 0 saturated heterocycles. The van der Waals surface area contributed by atoms with E-state index in [1.54, 1.807) is 26.5 Å². The zero-order valence-electron chi connectivity index (χ0n) is 14.5. The number of aryl methyl sites for hydroxylation is 1. The van der Waals surface area contributed by atoms with Gasteiger partial charge in [-0.1, -0.05) is 0 Å². The number of fused-ring (bicyclic) bond motifs is 1. The van der Waals surface area contributed by atoms with Crippen molar-refractivity contribution in [1.29, 1.82) is 0 Å². The average molecular weight is 377 g/mol. The summed E-state index contributed by atoms with van der Waals surface area (Å²) in [6.45, 7) is 3.81. The summed E-state index contributed by atoms with van der Waals surface area (Å²) in [6.07, 6.45) is 1.70. The van der Waals surface area contributed by atoms with E-state index in [2.05, 4.69) is 15.0 Å². The lowest BCUT2D eigenvalue weighted by molar-refractivity contribution is 0.407. The van der Waals surface area contributed by atoms with Crippen LogP contribution in [0, 0.1) is 13.8 Å². The van der Waals surface area contributed by atoms with E-state index in [1.165, 1.54) is 0 Å². The quantitative estimate of drug-likeness (QED) is 0.737. The van der Waals surface area contributed by atoms with Gasteiger partial charge in [-0.25, -0.2) is 9.19 Å². The SMILES string of the molecule is COc1ccc2[nH]c(S(=O)(=S)Cc3ncc(C)c(OC)c3C)nc2c1. The molecule has 8 heteroatoms. The van der Waals surface area contributed by atoms with Gasteiger partial charge in [-0.15, -0.1) is 0 Å². The van der Waals surface area contributed by atoms with Crippen molar-refractivity contribution in [3.63, 3.8) is 0 Å². The van der Waals surface area contributed by atoms with Gasteiger partial charge in [0, 0.05) is 23.4 Å². The summed E-state index contributed by atoms with van der Waals surface area (Å²) in [5.74, 6) is 1.54. The Morgan fingerprint density at radius 1 is 1.24 bits per heavy atom. The Labute approximate surface area is 151 Å². The maximum atomic E-state index is 13.1. The number of benzene rings is 1. The summed E-state index contributed by atoms with van der Waals surface area (Å²) >= 11 is 5.39. The van der Waals surface area contributed by atoms with E-state index in [0.717, 1.165) is 22.4 Å². The Bertz CT molecular complexity index is 1040. The molecular weight excluding hydrogens is 358 g/mol. The van der Waals surface area contributed by atoms with Crippen LogP contribution in [0.15, 0.2) is 29.6 Å². The summed E-state index contributed by atoms with van der Waals surface area (Å²) in [5.41, 5.74) is 3.85. The van der Waals surface area contributed by atoms with Gasteiger partial charge in [-0.2, -0.15) is 0 Å². The molecule has 0 spiro atoms. The third-order valence-corrected chi connectivity index (χ3v) is 6.30. The van der Waals surface area contributed by atoms with Crippen molar-refractivity contribution in [3.8, 4) is 11.5 Å². The molecular formula is C17H19N3O3S2. The summed E-state index contributed by atoms with van der Waals surface area (Å²) in [5, 5.41) is 0.284. The largest absolute Gasteiger partial charge is 0.497 e. The van der Waals surface area contributed by atoms with Gasteiger partial charge < -0.3 is 14.5 Å². The first kappa shape index (κ1) is 17.6. The number of H-pyrrole nitrogens is 1. The number of aromatic amines is 1.